The van der Waals surface area contributed by atoms with Crippen LogP contribution in [0.25, 0.3) is 0 Å². The average Bonchev–Trinajstić information content (AvgIpc) is 2.55. The van der Waals surface area contributed by atoms with Crippen LogP contribution in [0.15, 0.2) is 60.7 Å². The summed E-state index contributed by atoms with van der Waals surface area (Å²) < 4.78 is 11.9. The predicted molar refractivity (Wildman–Crippen MR) is 88.0 cm³/mol. The molecule has 3 nitrogen and oxygen atoms in total. The van der Waals surface area contributed by atoms with Crippen LogP contribution in [-0.2, 0) is 11.3 Å². The van der Waals surface area contributed by atoms with E-state index in [2.05, 4.69) is 42.2 Å². The van der Waals surface area contributed by atoms with E-state index in [0.29, 0.717) is 6.61 Å². The van der Waals surface area contributed by atoms with Gasteiger partial charge in [0.1, 0.15) is 18.0 Å². The molecule has 0 radical (unpaired) electrons. The topological polar surface area (TPSA) is 21.7 Å². The van der Waals surface area contributed by atoms with Crippen LogP contribution < -0.4 is 4.74 Å². The number of benzene rings is 2. The van der Waals surface area contributed by atoms with Gasteiger partial charge >= 0.3 is 0 Å². The van der Waals surface area contributed by atoms with E-state index in [-0.39, 0.29) is 5.60 Å². The van der Waals surface area contributed by atoms with Gasteiger partial charge in [0.15, 0.2) is 0 Å². The second-order valence-electron chi connectivity index (χ2n) is 6.10. The molecule has 1 atom stereocenters. The molecule has 0 bridgehead atoms. The van der Waals surface area contributed by atoms with Gasteiger partial charge in [0.05, 0.1) is 6.61 Å². The molecule has 0 saturated carbocycles. The van der Waals surface area contributed by atoms with E-state index in [0.717, 1.165) is 32.0 Å². The molecule has 1 saturated heterocycles. The van der Waals surface area contributed by atoms with Crippen LogP contribution in [0.1, 0.15) is 12.5 Å². The van der Waals surface area contributed by atoms with Crippen LogP contribution in [0.5, 0.6) is 5.75 Å². The predicted octanol–water partition coefficient (Wildman–Crippen LogP) is 3.36. The summed E-state index contributed by atoms with van der Waals surface area (Å²) in [5.74, 6) is 0.896. The summed E-state index contributed by atoms with van der Waals surface area (Å²) in [5, 5.41) is 0. The van der Waals surface area contributed by atoms with Crippen LogP contribution in [0.4, 0.5) is 0 Å². The molecule has 3 rings (SSSR count). The SMILES string of the molecule is CC1(COc2ccccc2)CN(Cc2ccccc2)CCO1. The number of morpholine rings is 1. The van der Waals surface area contributed by atoms with Gasteiger partial charge in [-0.3, -0.25) is 4.90 Å². The number of hydrogen-bond donors (Lipinski definition) is 0. The maximum atomic E-state index is 5.99. The van der Waals surface area contributed by atoms with Crippen LogP contribution in [0.2, 0.25) is 0 Å². The van der Waals surface area contributed by atoms with Crippen molar-refractivity contribution >= 4 is 0 Å². The first-order valence-corrected chi connectivity index (χ1v) is 7.82. The van der Waals surface area contributed by atoms with Gasteiger partial charge in [0.25, 0.3) is 0 Å². The molecule has 1 fully saturated rings. The fourth-order valence-electron chi connectivity index (χ4n) is 2.84. The molecule has 22 heavy (non-hydrogen) atoms. The zero-order valence-corrected chi connectivity index (χ0v) is 13.1. The first-order valence-electron chi connectivity index (χ1n) is 7.82. The highest BCUT2D eigenvalue weighted by atomic mass is 16.5. The fourth-order valence-corrected chi connectivity index (χ4v) is 2.84. The van der Waals surface area contributed by atoms with Crippen molar-refractivity contribution in [2.75, 3.05) is 26.3 Å². The Morgan fingerprint density at radius 3 is 2.45 bits per heavy atom. The van der Waals surface area contributed by atoms with Crippen molar-refractivity contribution in [2.45, 2.75) is 19.1 Å². The minimum atomic E-state index is -0.261. The summed E-state index contributed by atoms with van der Waals surface area (Å²) in [6.07, 6.45) is 0. The maximum absolute atomic E-state index is 5.99. The average molecular weight is 297 g/mol. The van der Waals surface area contributed by atoms with Crippen molar-refractivity contribution < 1.29 is 9.47 Å². The number of para-hydroxylation sites is 1. The molecule has 1 unspecified atom stereocenters. The second kappa shape index (κ2) is 6.95. The van der Waals surface area contributed by atoms with Gasteiger partial charge in [-0.2, -0.15) is 0 Å². The van der Waals surface area contributed by atoms with Crippen molar-refractivity contribution in [1.82, 2.24) is 4.90 Å². The molecule has 0 N–H and O–H groups in total. The molecule has 1 heterocycles. The van der Waals surface area contributed by atoms with Gasteiger partial charge in [0, 0.05) is 19.6 Å². The highest BCUT2D eigenvalue weighted by Gasteiger charge is 2.33. The zero-order chi connectivity index (χ0) is 15.3. The molecular weight excluding hydrogens is 274 g/mol. The van der Waals surface area contributed by atoms with E-state index in [1.54, 1.807) is 0 Å². The monoisotopic (exact) mass is 297 g/mol. The van der Waals surface area contributed by atoms with Crippen LogP contribution in [0, 0.1) is 0 Å². The number of rotatable bonds is 5. The Bertz CT molecular complexity index is 573. The van der Waals surface area contributed by atoms with E-state index in [1.165, 1.54) is 5.56 Å². The molecule has 116 valence electrons. The van der Waals surface area contributed by atoms with Gasteiger partial charge < -0.3 is 9.47 Å². The first-order chi connectivity index (χ1) is 10.7. The smallest absolute Gasteiger partial charge is 0.119 e. The third-order valence-corrected chi connectivity index (χ3v) is 3.95. The molecule has 3 heteroatoms. The van der Waals surface area contributed by atoms with E-state index in [9.17, 15) is 0 Å². The second-order valence-corrected chi connectivity index (χ2v) is 6.10. The summed E-state index contributed by atoms with van der Waals surface area (Å²) in [6, 6.07) is 20.5. The molecule has 0 spiro atoms. The van der Waals surface area contributed by atoms with E-state index >= 15 is 0 Å². The number of hydrogen-bond acceptors (Lipinski definition) is 3. The highest BCUT2D eigenvalue weighted by Crippen LogP contribution is 2.21. The van der Waals surface area contributed by atoms with Crippen LogP contribution >= 0.6 is 0 Å². The summed E-state index contributed by atoms with van der Waals surface area (Å²) in [7, 11) is 0. The number of nitrogens with zero attached hydrogens (tertiary/aromatic N) is 1. The third kappa shape index (κ3) is 4.09. The highest BCUT2D eigenvalue weighted by molar-refractivity contribution is 5.21. The van der Waals surface area contributed by atoms with Gasteiger partial charge in [-0.05, 0) is 24.6 Å². The Hall–Kier alpha value is -1.84. The largest absolute Gasteiger partial charge is 0.491 e. The first kappa shape index (κ1) is 15.1. The van der Waals surface area contributed by atoms with Gasteiger partial charge in [-0.25, -0.2) is 0 Å². The standard InChI is InChI=1S/C19H23NO2/c1-19(16-21-18-10-6-3-7-11-18)15-20(12-13-22-19)14-17-8-4-2-5-9-17/h2-11H,12-16H2,1H3. The van der Waals surface area contributed by atoms with Crippen molar-refractivity contribution in [3.8, 4) is 5.75 Å². The van der Waals surface area contributed by atoms with E-state index in [1.807, 2.05) is 30.3 Å². The summed E-state index contributed by atoms with van der Waals surface area (Å²) in [6.45, 7) is 6.27. The maximum Gasteiger partial charge on any atom is 0.119 e. The molecular formula is C19H23NO2. The number of ether oxygens (including phenoxy) is 2. The molecule has 0 aromatic heterocycles. The summed E-state index contributed by atoms with van der Waals surface area (Å²) in [5.41, 5.74) is 1.08. The third-order valence-electron chi connectivity index (χ3n) is 3.95. The Balaban J connectivity index is 1.57. The lowest BCUT2D eigenvalue weighted by atomic mass is 10.0. The zero-order valence-electron chi connectivity index (χ0n) is 13.1. The minimum Gasteiger partial charge on any atom is -0.491 e. The lowest BCUT2D eigenvalue weighted by molar-refractivity contribution is -0.118. The minimum absolute atomic E-state index is 0.261. The lowest BCUT2D eigenvalue weighted by Crippen LogP contribution is -2.52. The fraction of sp³-hybridized carbons (Fsp3) is 0.368. The normalized spacial score (nSPS) is 22.4. The van der Waals surface area contributed by atoms with E-state index in [4.69, 9.17) is 9.47 Å². The van der Waals surface area contributed by atoms with Crippen LogP contribution in [-0.4, -0.2) is 36.8 Å². The van der Waals surface area contributed by atoms with Crippen molar-refractivity contribution in [2.24, 2.45) is 0 Å². The molecule has 2 aromatic carbocycles. The van der Waals surface area contributed by atoms with Gasteiger partial charge in [0.2, 0.25) is 0 Å². The molecule has 0 aliphatic carbocycles. The summed E-state index contributed by atoms with van der Waals surface area (Å²) in [4.78, 5) is 2.44. The van der Waals surface area contributed by atoms with Crippen molar-refractivity contribution in [1.29, 1.82) is 0 Å². The Labute approximate surface area is 132 Å². The van der Waals surface area contributed by atoms with Gasteiger partial charge in [-0.15, -0.1) is 0 Å². The molecule has 0 amide bonds. The quantitative estimate of drug-likeness (QED) is 0.844. The van der Waals surface area contributed by atoms with Gasteiger partial charge in [-0.1, -0.05) is 48.5 Å². The Morgan fingerprint density at radius 2 is 1.73 bits per heavy atom. The molecule has 2 aromatic rings. The van der Waals surface area contributed by atoms with Crippen molar-refractivity contribution in [3.05, 3.63) is 66.2 Å². The summed E-state index contributed by atoms with van der Waals surface area (Å²) >= 11 is 0. The molecule has 1 aliphatic heterocycles. The Morgan fingerprint density at radius 1 is 1.05 bits per heavy atom. The van der Waals surface area contributed by atoms with Crippen LogP contribution in [0.3, 0.4) is 0 Å². The molecule has 1 aliphatic rings. The lowest BCUT2D eigenvalue weighted by Gasteiger charge is -2.40. The Kier molecular flexibility index (Phi) is 4.76. The van der Waals surface area contributed by atoms with E-state index < -0.39 is 0 Å². The van der Waals surface area contributed by atoms with Crippen molar-refractivity contribution in [3.63, 3.8) is 0 Å².